The third-order valence-electron chi connectivity index (χ3n) is 3.61. The number of methoxy groups -OCH3 is 1. The van der Waals surface area contributed by atoms with Crippen LogP contribution in [-0.2, 0) is 20.1 Å². The monoisotopic (exact) mass is 297 g/mol. The minimum Gasteiger partial charge on any atom is -0.467 e. The summed E-state index contributed by atoms with van der Waals surface area (Å²) in [6.45, 7) is 1.52. The molecule has 2 aromatic heterocycles. The third kappa shape index (κ3) is 2.92. The highest BCUT2D eigenvalue weighted by atomic mass is 16.5. The average Bonchev–Trinajstić information content (AvgIpc) is 2.84. The molecule has 0 spiro atoms. The molecule has 0 fully saturated rings. The van der Waals surface area contributed by atoms with Gasteiger partial charge in [0, 0.05) is 31.5 Å². The van der Waals surface area contributed by atoms with Gasteiger partial charge in [-0.1, -0.05) is 12.1 Å². The van der Waals surface area contributed by atoms with Gasteiger partial charge in [0.15, 0.2) is 0 Å². The van der Waals surface area contributed by atoms with Crippen molar-refractivity contribution in [3.63, 3.8) is 0 Å². The van der Waals surface area contributed by atoms with Crippen molar-refractivity contribution in [2.45, 2.75) is 13.1 Å². The SMILES string of the molecule is COc1ncc(CN(C)Cc2nc3ccccc3n2C)cn1. The van der Waals surface area contributed by atoms with Crippen LogP contribution in [0, 0.1) is 0 Å². The van der Waals surface area contributed by atoms with Gasteiger partial charge >= 0.3 is 6.01 Å². The maximum Gasteiger partial charge on any atom is 0.316 e. The van der Waals surface area contributed by atoms with Crippen molar-refractivity contribution in [1.82, 2.24) is 24.4 Å². The smallest absolute Gasteiger partial charge is 0.316 e. The first-order valence-electron chi connectivity index (χ1n) is 7.11. The average molecular weight is 297 g/mol. The van der Waals surface area contributed by atoms with E-state index in [-0.39, 0.29) is 0 Å². The molecule has 0 amide bonds. The van der Waals surface area contributed by atoms with Crippen molar-refractivity contribution < 1.29 is 4.74 Å². The predicted molar refractivity (Wildman–Crippen MR) is 84.5 cm³/mol. The Morgan fingerprint density at radius 2 is 1.86 bits per heavy atom. The second-order valence-electron chi connectivity index (χ2n) is 5.33. The van der Waals surface area contributed by atoms with E-state index in [2.05, 4.69) is 39.6 Å². The van der Waals surface area contributed by atoms with E-state index in [4.69, 9.17) is 9.72 Å². The number of rotatable bonds is 5. The lowest BCUT2D eigenvalue weighted by molar-refractivity contribution is 0.306. The number of aryl methyl sites for hydroxylation is 1. The van der Waals surface area contributed by atoms with Gasteiger partial charge in [0.1, 0.15) is 5.82 Å². The molecule has 1 aromatic carbocycles. The number of imidazole rings is 1. The molecule has 6 nitrogen and oxygen atoms in total. The van der Waals surface area contributed by atoms with Crippen LogP contribution in [0.25, 0.3) is 11.0 Å². The number of hydrogen-bond acceptors (Lipinski definition) is 5. The number of para-hydroxylation sites is 2. The Morgan fingerprint density at radius 3 is 2.55 bits per heavy atom. The number of benzene rings is 1. The minimum absolute atomic E-state index is 0.391. The predicted octanol–water partition coefficient (Wildman–Crippen LogP) is 2.00. The van der Waals surface area contributed by atoms with Crippen LogP contribution in [0.3, 0.4) is 0 Å². The largest absolute Gasteiger partial charge is 0.467 e. The van der Waals surface area contributed by atoms with Crippen molar-refractivity contribution in [2.24, 2.45) is 7.05 Å². The van der Waals surface area contributed by atoms with Gasteiger partial charge in [-0.3, -0.25) is 4.90 Å². The second kappa shape index (κ2) is 6.11. The summed E-state index contributed by atoms with van der Waals surface area (Å²) in [5.74, 6) is 1.04. The van der Waals surface area contributed by atoms with Gasteiger partial charge in [-0.2, -0.15) is 0 Å². The zero-order valence-corrected chi connectivity index (χ0v) is 13.0. The number of hydrogen-bond donors (Lipinski definition) is 0. The molecule has 6 heteroatoms. The van der Waals surface area contributed by atoms with Crippen LogP contribution in [0.1, 0.15) is 11.4 Å². The highest BCUT2D eigenvalue weighted by Crippen LogP contribution is 2.16. The minimum atomic E-state index is 0.391. The standard InChI is InChI=1S/C16H19N5O/c1-20(10-12-8-17-16(22-3)18-9-12)11-15-19-13-6-4-5-7-14(13)21(15)2/h4-9H,10-11H2,1-3H3. The zero-order valence-electron chi connectivity index (χ0n) is 13.0. The molecule has 3 rings (SSSR count). The molecular weight excluding hydrogens is 278 g/mol. The van der Waals surface area contributed by atoms with Crippen LogP contribution in [0.4, 0.5) is 0 Å². The van der Waals surface area contributed by atoms with Gasteiger partial charge in [-0.25, -0.2) is 15.0 Å². The molecule has 0 bridgehead atoms. The Morgan fingerprint density at radius 1 is 1.14 bits per heavy atom. The maximum atomic E-state index is 4.97. The van der Waals surface area contributed by atoms with E-state index in [1.165, 1.54) is 0 Å². The van der Waals surface area contributed by atoms with E-state index in [0.29, 0.717) is 6.01 Å². The molecule has 0 aliphatic carbocycles. The van der Waals surface area contributed by atoms with Crippen LogP contribution in [-0.4, -0.2) is 38.6 Å². The summed E-state index contributed by atoms with van der Waals surface area (Å²) >= 11 is 0. The Balaban J connectivity index is 1.72. The highest BCUT2D eigenvalue weighted by Gasteiger charge is 2.10. The quantitative estimate of drug-likeness (QED) is 0.721. The molecule has 114 valence electrons. The molecule has 0 saturated carbocycles. The molecule has 0 radical (unpaired) electrons. The van der Waals surface area contributed by atoms with E-state index in [0.717, 1.165) is 35.5 Å². The van der Waals surface area contributed by atoms with Crippen molar-refractivity contribution in [3.05, 3.63) is 48.0 Å². The lowest BCUT2D eigenvalue weighted by Crippen LogP contribution is -2.19. The molecule has 2 heterocycles. The number of fused-ring (bicyclic) bond motifs is 1. The van der Waals surface area contributed by atoms with Crippen molar-refractivity contribution in [1.29, 1.82) is 0 Å². The second-order valence-corrected chi connectivity index (χ2v) is 5.33. The van der Waals surface area contributed by atoms with Gasteiger partial charge in [-0.05, 0) is 19.2 Å². The lowest BCUT2D eigenvalue weighted by atomic mass is 10.3. The van der Waals surface area contributed by atoms with Gasteiger partial charge in [-0.15, -0.1) is 0 Å². The van der Waals surface area contributed by atoms with Crippen LogP contribution in [0.15, 0.2) is 36.7 Å². The molecular formula is C16H19N5O. The Labute approximate surface area is 129 Å². The lowest BCUT2D eigenvalue weighted by Gasteiger charge is -2.16. The summed E-state index contributed by atoms with van der Waals surface area (Å²) < 4.78 is 7.11. The fourth-order valence-electron chi connectivity index (χ4n) is 2.48. The Hall–Kier alpha value is -2.47. The summed E-state index contributed by atoms with van der Waals surface area (Å²) in [6.07, 6.45) is 3.58. The van der Waals surface area contributed by atoms with E-state index in [1.54, 1.807) is 19.5 Å². The van der Waals surface area contributed by atoms with Crippen molar-refractivity contribution in [3.8, 4) is 6.01 Å². The van der Waals surface area contributed by atoms with Crippen LogP contribution in [0.2, 0.25) is 0 Å². The Bertz CT molecular complexity index is 766. The van der Waals surface area contributed by atoms with Gasteiger partial charge in [0.2, 0.25) is 0 Å². The fourth-order valence-corrected chi connectivity index (χ4v) is 2.48. The zero-order chi connectivity index (χ0) is 15.5. The summed E-state index contributed by atoms with van der Waals surface area (Å²) in [6, 6.07) is 8.56. The molecule has 22 heavy (non-hydrogen) atoms. The molecule has 0 aliphatic heterocycles. The Kier molecular flexibility index (Phi) is 4.02. The summed E-state index contributed by atoms with van der Waals surface area (Å²) in [4.78, 5) is 15.1. The van der Waals surface area contributed by atoms with Crippen molar-refractivity contribution >= 4 is 11.0 Å². The molecule has 0 aliphatic rings. The first-order chi connectivity index (χ1) is 10.7. The number of ether oxygens (including phenoxy) is 1. The van der Waals surface area contributed by atoms with E-state index >= 15 is 0 Å². The molecule has 0 atom stereocenters. The van der Waals surface area contributed by atoms with Crippen LogP contribution < -0.4 is 4.74 Å². The van der Waals surface area contributed by atoms with E-state index in [9.17, 15) is 0 Å². The van der Waals surface area contributed by atoms with Crippen LogP contribution >= 0.6 is 0 Å². The van der Waals surface area contributed by atoms with Crippen molar-refractivity contribution in [2.75, 3.05) is 14.2 Å². The van der Waals surface area contributed by atoms with Gasteiger partial charge in [0.05, 0.1) is 24.7 Å². The van der Waals surface area contributed by atoms with E-state index < -0.39 is 0 Å². The summed E-state index contributed by atoms with van der Waals surface area (Å²) in [7, 11) is 5.67. The van der Waals surface area contributed by atoms with Gasteiger partial charge in [0.25, 0.3) is 0 Å². The first kappa shape index (κ1) is 14.5. The molecule has 0 N–H and O–H groups in total. The normalized spacial score (nSPS) is 11.3. The number of aromatic nitrogens is 4. The van der Waals surface area contributed by atoms with E-state index in [1.807, 2.05) is 18.2 Å². The molecule has 0 unspecified atom stereocenters. The van der Waals surface area contributed by atoms with Crippen LogP contribution in [0.5, 0.6) is 6.01 Å². The fraction of sp³-hybridized carbons (Fsp3) is 0.312. The summed E-state index contributed by atoms with van der Waals surface area (Å²) in [5, 5.41) is 0. The molecule has 0 saturated heterocycles. The topological polar surface area (TPSA) is 56.1 Å². The summed E-state index contributed by atoms with van der Waals surface area (Å²) in [5.41, 5.74) is 3.22. The van der Waals surface area contributed by atoms with Gasteiger partial charge < -0.3 is 9.30 Å². The third-order valence-corrected chi connectivity index (χ3v) is 3.61. The molecule has 3 aromatic rings. The number of nitrogens with zero attached hydrogens (tertiary/aromatic N) is 5. The first-order valence-corrected chi connectivity index (χ1v) is 7.11. The highest BCUT2D eigenvalue weighted by molar-refractivity contribution is 5.75. The maximum absolute atomic E-state index is 4.97.